The molecule has 2 rings (SSSR count). The fraction of sp³-hybridized carbons (Fsp3) is 0.455. The Morgan fingerprint density at radius 3 is 2.95 bits per heavy atom. The summed E-state index contributed by atoms with van der Waals surface area (Å²) in [6.07, 6.45) is 0.131. The third-order valence-electron chi connectivity index (χ3n) is 2.86. The molecular weight excluding hydrogens is 342 g/mol. The van der Waals surface area contributed by atoms with Gasteiger partial charge < -0.3 is 4.74 Å². The highest BCUT2D eigenvalue weighted by Crippen LogP contribution is 2.30. The van der Waals surface area contributed by atoms with E-state index in [9.17, 15) is 14.0 Å². The van der Waals surface area contributed by atoms with E-state index in [1.165, 1.54) is 21.8 Å². The number of rotatable bonds is 3. The van der Waals surface area contributed by atoms with Crippen LogP contribution in [-0.2, 0) is 4.74 Å². The molecule has 104 valence electrons. The minimum atomic E-state index is -1.23. The van der Waals surface area contributed by atoms with E-state index in [-0.39, 0.29) is 17.9 Å². The van der Waals surface area contributed by atoms with Gasteiger partial charge in [-0.2, -0.15) is 0 Å². The molecule has 2 heterocycles. The molecule has 5 nitrogen and oxygen atoms in total. The zero-order valence-electron chi connectivity index (χ0n) is 9.68. The zero-order chi connectivity index (χ0) is 14.0. The molecule has 1 aliphatic heterocycles. The number of alkyl halides is 2. The van der Waals surface area contributed by atoms with E-state index in [0.29, 0.717) is 0 Å². The topological polar surface area (TPSA) is 64.1 Å². The van der Waals surface area contributed by atoms with Gasteiger partial charge in [-0.1, -0.05) is 15.9 Å². The predicted molar refractivity (Wildman–Crippen MR) is 73.4 cm³/mol. The second kappa shape index (κ2) is 6.02. The SMILES string of the molecule is O=c1[nH]c(=O)n([C@H]2C[C@H](F)[C@@H](CCl)O2)cc1/C=C/Br. The van der Waals surface area contributed by atoms with Gasteiger partial charge in [0.25, 0.3) is 5.56 Å². The second-order valence-electron chi connectivity index (χ2n) is 4.08. The Morgan fingerprint density at radius 1 is 1.63 bits per heavy atom. The lowest BCUT2D eigenvalue weighted by atomic mass is 10.2. The van der Waals surface area contributed by atoms with Gasteiger partial charge in [0.15, 0.2) is 0 Å². The molecule has 1 fully saturated rings. The van der Waals surface area contributed by atoms with Crippen LogP contribution in [0.5, 0.6) is 0 Å². The van der Waals surface area contributed by atoms with Crippen LogP contribution < -0.4 is 11.2 Å². The minimum absolute atomic E-state index is 0.0178. The Labute approximate surface area is 121 Å². The molecule has 0 unspecified atom stereocenters. The molecule has 0 radical (unpaired) electrons. The number of nitrogens with one attached hydrogen (secondary N) is 1. The summed E-state index contributed by atoms with van der Waals surface area (Å²) in [5.74, 6) is 0.0178. The Bertz CT molecular complexity index is 600. The molecule has 1 N–H and O–H groups in total. The number of hydrogen-bond donors (Lipinski definition) is 1. The first-order valence-corrected chi connectivity index (χ1v) is 6.99. The van der Waals surface area contributed by atoms with Crippen molar-refractivity contribution in [1.29, 1.82) is 0 Å². The number of aromatic amines is 1. The third-order valence-corrected chi connectivity index (χ3v) is 3.43. The van der Waals surface area contributed by atoms with Crippen molar-refractivity contribution in [3.63, 3.8) is 0 Å². The summed E-state index contributed by atoms with van der Waals surface area (Å²) < 4.78 is 20.1. The average molecular weight is 354 g/mol. The van der Waals surface area contributed by atoms with Crippen LogP contribution in [0.4, 0.5) is 4.39 Å². The van der Waals surface area contributed by atoms with E-state index < -0.39 is 29.8 Å². The second-order valence-corrected chi connectivity index (χ2v) is 4.92. The number of hydrogen-bond acceptors (Lipinski definition) is 3. The molecule has 3 atom stereocenters. The van der Waals surface area contributed by atoms with Crippen LogP contribution in [0.3, 0.4) is 0 Å². The highest BCUT2D eigenvalue weighted by molar-refractivity contribution is 9.11. The van der Waals surface area contributed by atoms with Crippen molar-refractivity contribution >= 4 is 33.6 Å². The molecular formula is C11H11BrClFN2O3. The van der Waals surface area contributed by atoms with E-state index in [0.717, 1.165) is 0 Å². The van der Waals surface area contributed by atoms with Gasteiger partial charge in [0.1, 0.15) is 18.5 Å². The van der Waals surface area contributed by atoms with Gasteiger partial charge in [0, 0.05) is 12.6 Å². The molecule has 1 aromatic heterocycles. The Hall–Kier alpha value is -0.920. The fourth-order valence-electron chi connectivity index (χ4n) is 1.90. The number of ether oxygens (including phenoxy) is 1. The van der Waals surface area contributed by atoms with Gasteiger partial charge in [0.2, 0.25) is 0 Å². The van der Waals surface area contributed by atoms with E-state index in [1.807, 2.05) is 0 Å². The van der Waals surface area contributed by atoms with Crippen LogP contribution in [0.2, 0.25) is 0 Å². The monoisotopic (exact) mass is 352 g/mol. The van der Waals surface area contributed by atoms with Gasteiger partial charge in [-0.05, 0) is 11.1 Å². The number of aromatic nitrogens is 2. The maximum atomic E-state index is 13.6. The molecule has 0 bridgehead atoms. The molecule has 0 spiro atoms. The molecule has 1 aliphatic rings. The van der Waals surface area contributed by atoms with Crippen LogP contribution in [0.15, 0.2) is 20.8 Å². The van der Waals surface area contributed by atoms with Gasteiger partial charge in [-0.15, -0.1) is 11.6 Å². The first-order valence-electron chi connectivity index (χ1n) is 5.54. The third kappa shape index (κ3) is 2.98. The number of nitrogens with zero attached hydrogens (tertiary/aromatic N) is 1. The number of halogens is 3. The summed E-state index contributed by atoms with van der Waals surface area (Å²) >= 11 is 8.62. The standard InChI is InChI=1S/C11H11BrClFN2O3/c12-2-1-6-5-16(11(18)15-10(6)17)9-3-7(14)8(4-13)19-9/h1-2,5,7-9H,3-4H2,(H,15,17,18)/b2-1+/t7-,8+,9+/m0/s1. The predicted octanol–water partition coefficient (Wildman–Crippen LogP) is 1.77. The minimum Gasteiger partial charge on any atom is -0.350 e. The average Bonchev–Trinajstić information content (AvgIpc) is 2.74. The van der Waals surface area contributed by atoms with Crippen molar-refractivity contribution in [2.75, 3.05) is 5.88 Å². The Balaban J connectivity index is 2.38. The maximum Gasteiger partial charge on any atom is 0.330 e. The summed E-state index contributed by atoms with van der Waals surface area (Å²) in [4.78, 5) is 26.9. The summed E-state index contributed by atoms with van der Waals surface area (Å²) in [5.41, 5.74) is -0.880. The largest absolute Gasteiger partial charge is 0.350 e. The van der Waals surface area contributed by atoms with Crippen molar-refractivity contribution in [3.05, 3.63) is 37.6 Å². The maximum absolute atomic E-state index is 13.6. The van der Waals surface area contributed by atoms with Crippen LogP contribution in [0.25, 0.3) is 6.08 Å². The van der Waals surface area contributed by atoms with Crippen molar-refractivity contribution < 1.29 is 9.13 Å². The zero-order valence-corrected chi connectivity index (χ0v) is 12.0. The van der Waals surface area contributed by atoms with E-state index in [1.54, 1.807) is 0 Å². The lowest BCUT2D eigenvalue weighted by Crippen LogP contribution is -2.33. The molecule has 1 aromatic rings. The quantitative estimate of drug-likeness (QED) is 0.842. The van der Waals surface area contributed by atoms with Crippen LogP contribution in [-0.4, -0.2) is 27.7 Å². The smallest absolute Gasteiger partial charge is 0.330 e. The van der Waals surface area contributed by atoms with Crippen molar-refractivity contribution in [3.8, 4) is 0 Å². The van der Waals surface area contributed by atoms with Gasteiger partial charge in [-0.25, -0.2) is 9.18 Å². The Kier molecular flexibility index (Phi) is 4.59. The van der Waals surface area contributed by atoms with Crippen molar-refractivity contribution in [1.82, 2.24) is 9.55 Å². The van der Waals surface area contributed by atoms with E-state index in [2.05, 4.69) is 20.9 Å². The molecule has 8 heteroatoms. The summed E-state index contributed by atoms with van der Waals surface area (Å²) in [7, 11) is 0. The molecule has 0 saturated carbocycles. The van der Waals surface area contributed by atoms with E-state index >= 15 is 0 Å². The van der Waals surface area contributed by atoms with Crippen molar-refractivity contribution in [2.24, 2.45) is 0 Å². The highest BCUT2D eigenvalue weighted by atomic mass is 79.9. The molecule has 19 heavy (non-hydrogen) atoms. The summed E-state index contributed by atoms with van der Waals surface area (Å²) in [5, 5.41) is 0. The van der Waals surface area contributed by atoms with Gasteiger partial charge >= 0.3 is 5.69 Å². The summed E-state index contributed by atoms with van der Waals surface area (Å²) in [6.45, 7) is 0. The van der Waals surface area contributed by atoms with Gasteiger partial charge in [0.05, 0.1) is 11.4 Å². The molecule has 0 amide bonds. The molecule has 1 saturated heterocycles. The molecule has 0 aliphatic carbocycles. The lowest BCUT2D eigenvalue weighted by Gasteiger charge is -2.14. The van der Waals surface area contributed by atoms with Crippen LogP contribution in [0, 0.1) is 0 Å². The summed E-state index contributed by atoms with van der Waals surface area (Å²) in [6, 6.07) is 0. The van der Waals surface area contributed by atoms with Crippen LogP contribution >= 0.6 is 27.5 Å². The van der Waals surface area contributed by atoms with Crippen molar-refractivity contribution in [2.45, 2.75) is 24.9 Å². The first kappa shape index (κ1) is 14.5. The number of H-pyrrole nitrogens is 1. The van der Waals surface area contributed by atoms with Gasteiger partial charge in [-0.3, -0.25) is 14.3 Å². The van der Waals surface area contributed by atoms with Crippen LogP contribution in [0.1, 0.15) is 18.2 Å². The molecule has 0 aromatic carbocycles. The fourth-order valence-corrected chi connectivity index (χ4v) is 2.45. The van der Waals surface area contributed by atoms with E-state index in [4.69, 9.17) is 16.3 Å². The highest BCUT2D eigenvalue weighted by Gasteiger charge is 2.36. The first-order chi connectivity index (χ1) is 9.06. The normalized spacial score (nSPS) is 27.2. The Morgan fingerprint density at radius 2 is 2.37 bits per heavy atom. The lowest BCUT2D eigenvalue weighted by molar-refractivity contribution is 0.00106.